The van der Waals surface area contributed by atoms with Crippen molar-refractivity contribution in [3.8, 4) is 0 Å². The zero-order chi connectivity index (χ0) is 15.4. The molecule has 120 valence electrons. The van der Waals surface area contributed by atoms with Crippen LogP contribution in [0.4, 0.5) is 0 Å². The molecular formula is C14H31N3O2S. The Hall–Kier alpha value is -0.780. The SMILES string of the molecule is CCNC(=NCCCS(C)(=O)=O)NCCCCC(C)C. The second-order valence-electron chi connectivity index (χ2n) is 5.56. The lowest BCUT2D eigenvalue weighted by Crippen LogP contribution is -2.38. The fourth-order valence-corrected chi connectivity index (χ4v) is 2.40. The first kappa shape index (κ1) is 19.2. The van der Waals surface area contributed by atoms with Crippen molar-refractivity contribution in [2.75, 3.05) is 31.6 Å². The smallest absolute Gasteiger partial charge is 0.191 e. The Morgan fingerprint density at radius 3 is 2.40 bits per heavy atom. The second kappa shape index (κ2) is 10.9. The average Bonchev–Trinajstić information content (AvgIpc) is 2.32. The predicted octanol–water partition coefficient (Wildman–Crippen LogP) is 1.80. The molecule has 5 nitrogen and oxygen atoms in total. The van der Waals surface area contributed by atoms with Crippen LogP contribution in [-0.2, 0) is 9.84 Å². The highest BCUT2D eigenvalue weighted by atomic mass is 32.2. The van der Waals surface area contributed by atoms with Crippen LogP contribution in [0, 0.1) is 5.92 Å². The molecule has 0 aliphatic rings. The van der Waals surface area contributed by atoms with Gasteiger partial charge in [0.25, 0.3) is 0 Å². The summed E-state index contributed by atoms with van der Waals surface area (Å²) in [6, 6.07) is 0. The first-order valence-corrected chi connectivity index (χ1v) is 9.61. The summed E-state index contributed by atoms with van der Waals surface area (Å²) >= 11 is 0. The van der Waals surface area contributed by atoms with Crippen molar-refractivity contribution in [2.24, 2.45) is 10.9 Å². The third-order valence-corrected chi connectivity index (χ3v) is 3.82. The molecule has 2 N–H and O–H groups in total. The Balaban J connectivity index is 3.90. The minimum Gasteiger partial charge on any atom is -0.357 e. The van der Waals surface area contributed by atoms with E-state index in [-0.39, 0.29) is 5.75 Å². The molecule has 0 rings (SSSR count). The van der Waals surface area contributed by atoms with Crippen LogP contribution in [0.3, 0.4) is 0 Å². The highest BCUT2D eigenvalue weighted by molar-refractivity contribution is 7.90. The van der Waals surface area contributed by atoms with Gasteiger partial charge in [0, 0.05) is 25.9 Å². The quantitative estimate of drug-likeness (QED) is 0.367. The van der Waals surface area contributed by atoms with Crippen LogP contribution in [0.15, 0.2) is 4.99 Å². The van der Waals surface area contributed by atoms with E-state index in [0.717, 1.165) is 31.4 Å². The standard InChI is InChI=1S/C14H31N3O2S/c1-5-15-14(16-10-7-6-9-13(2)3)17-11-8-12-20(4,18)19/h13H,5-12H2,1-4H3,(H2,15,16,17). The van der Waals surface area contributed by atoms with Crippen molar-refractivity contribution in [2.45, 2.75) is 46.5 Å². The maximum atomic E-state index is 11.0. The van der Waals surface area contributed by atoms with E-state index in [4.69, 9.17) is 0 Å². The van der Waals surface area contributed by atoms with Crippen molar-refractivity contribution >= 4 is 15.8 Å². The molecule has 0 saturated carbocycles. The Bertz CT molecular complexity index is 365. The van der Waals surface area contributed by atoms with Gasteiger partial charge in [-0.05, 0) is 25.7 Å². The van der Waals surface area contributed by atoms with E-state index in [1.807, 2.05) is 6.92 Å². The van der Waals surface area contributed by atoms with Gasteiger partial charge in [0.15, 0.2) is 5.96 Å². The third kappa shape index (κ3) is 13.6. The monoisotopic (exact) mass is 305 g/mol. The van der Waals surface area contributed by atoms with Gasteiger partial charge in [-0.2, -0.15) is 0 Å². The van der Waals surface area contributed by atoms with Gasteiger partial charge in [-0.25, -0.2) is 8.42 Å². The maximum absolute atomic E-state index is 11.0. The molecule has 0 aliphatic heterocycles. The van der Waals surface area contributed by atoms with Gasteiger partial charge in [0.1, 0.15) is 9.84 Å². The van der Waals surface area contributed by atoms with E-state index in [1.165, 1.54) is 19.1 Å². The molecule has 0 bridgehead atoms. The zero-order valence-corrected chi connectivity index (χ0v) is 14.2. The summed E-state index contributed by atoms with van der Waals surface area (Å²) in [5, 5.41) is 6.45. The van der Waals surface area contributed by atoms with Gasteiger partial charge < -0.3 is 10.6 Å². The Morgan fingerprint density at radius 1 is 1.15 bits per heavy atom. The molecule has 0 radical (unpaired) electrons. The summed E-state index contributed by atoms with van der Waals surface area (Å²) in [5.74, 6) is 1.74. The average molecular weight is 305 g/mol. The van der Waals surface area contributed by atoms with Gasteiger partial charge in [-0.15, -0.1) is 0 Å². The Labute approximate surface area is 124 Å². The molecule has 0 atom stereocenters. The van der Waals surface area contributed by atoms with Crippen molar-refractivity contribution in [1.29, 1.82) is 0 Å². The minimum absolute atomic E-state index is 0.199. The predicted molar refractivity (Wildman–Crippen MR) is 87.0 cm³/mol. The fraction of sp³-hybridized carbons (Fsp3) is 0.929. The molecule has 0 spiro atoms. The van der Waals surface area contributed by atoms with Crippen LogP contribution in [0.25, 0.3) is 0 Å². The van der Waals surface area contributed by atoms with Gasteiger partial charge in [-0.1, -0.05) is 26.7 Å². The summed E-state index contributed by atoms with van der Waals surface area (Å²) < 4.78 is 22.0. The third-order valence-electron chi connectivity index (χ3n) is 2.79. The number of hydrogen-bond donors (Lipinski definition) is 2. The van der Waals surface area contributed by atoms with E-state index >= 15 is 0 Å². The Morgan fingerprint density at radius 2 is 1.85 bits per heavy atom. The van der Waals surface area contributed by atoms with E-state index in [0.29, 0.717) is 13.0 Å². The van der Waals surface area contributed by atoms with Crippen LogP contribution in [0.2, 0.25) is 0 Å². The number of guanidine groups is 1. The van der Waals surface area contributed by atoms with E-state index in [1.54, 1.807) is 0 Å². The summed E-state index contributed by atoms with van der Waals surface area (Å²) in [6.45, 7) is 8.75. The normalized spacial score (nSPS) is 12.8. The fourth-order valence-electron chi connectivity index (χ4n) is 1.74. The lowest BCUT2D eigenvalue weighted by atomic mass is 10.1. The molecule has 0 amide bonds. The van der Waals surface area contributed by atoms with Crippen molar-refractivity contribution in [1.82, 2.24) is 10.6 Å². The van der Waals surface area contributed by atoms with Crippen LogP contribution in [-0.4, -0.2) is 46.0 Å². The van der Waals surface area contributed by atoms with Crippen LogP contribution in [0.1, 0.15) is 46.5 Å². The molecule has 20 heavy (non-hydrogen) atoms. The molecule has 0 fully saturated rings. The lowest BCUT2D eigenvalue weighted by Gasteiger charge is -2.11. The highest BCUT2D eigenvalue weighted by Gasteiger charge is 2.01. The largest absolute Gasteiger partial charge is 0.357 e. The molecule has 0 heterocycles. The van der Waals surface area contributed by atoms with Crippen molar-refractivity contribution in [3.63, 3.8) is 0 Å². The van der Waals surface area contributed by atoms with Gasteiger partial charge in [-0.3, -0.25) is 4.99 Å². The zero-order valence-electron chi connectivity index (χ0n) is 13.4. The van der Waals surface area contributed by atoms with Gasteiger partial charge >= 0.3 is 0 Å². The van der Waals surface area contributed by atoms with Crippen LogP contribution >= 0.6 is 0 Å². The molecule has 0 aromatic heterocycles. The number of nitrogens with zero attached hydrogens (tertiary/aromatic N) is 1. The number of nitrogens with one attached hydrogen (secondary N) is 2. The Kier molecular flexibility index (Phi) is 10.5. The van der Waals surface area contributed by atoms with Crippen LogP contribution in [0.5, 0.6) is 0 Å². The van der Waals surface area contributed by atoms with Crippen molar-refractivity contribution < 1.29 is 8.42 Å². The first-order valence-electron chi connectivity index (χ1n) is 7.55. The molecule has 0 unspecified atom stereocenters. The molecule has 0 aromatic carbocycles. The molecule has 0 saturated heterocycles. The van der Waals surface area contributed by atoms with E-state index in [9.17, 15) is 8.42 Å². The van der Waals surface area contributed by atoms with E-state index < -0.39 is 9.84 Å². The number of sulfone groups is 1. The van der Waals surface area contributed by atoms with Crippen LogP contribution < -0.4 is 10.6 Å². The topological polar surface area (TPSA) is 70.6 Å². The van der Waals surface area contributed by atoms with Gasteiger partial charge in [0.2, 0.25) is 0 Å². The highest BCUT2D eigenvalue weighted by Crippen LogP contribution is 2.04. The minimum atomic E-state index is -2.88. The lowest BCUT2D eigenvalue weighted by molar-refractivity contribution is 0.534. The summed E-state index contributed by atoms with van der Waals surface area (Å²) in [4.78, 5) is 4.38. The number of hydrogen-bond acceptors (Lipinski definition) is 3. The summed E-state index contributed by atoms with van der Waals surface area (Å²) in [6.07, 6.45) is 5.44. The molecule has 0 aliphatic carbocycles. The first-order chi connectivity index (χ1) is 9.35. The second-order valence-corrected chi connectivity index (χ2v) is 7.82. The number of aliphatic imine (C=N–C) groups is 1. The van der Waals surface area contributed by atoms with Gasteiger partial charge in [0.05, 0.1) is 5.75 Å². The summed E-state index contributed by atoms with van der Waals surface area (Å²) in [7, 11) is -2.88. The van der Waals surface area contributed by atoms with Crippen molar-refractivity contribution in [3.05, 3.63) is 0 Å². The summed E-state index contributed by atoms with van der Waals surface area (Å²) in [5.41, 5.74) is 0. The number of rotatable bonds is 10. The molecular weight excluding hydrogens is 274 g/mol. The van der Waals surface area contributed by atoms with E-state index in [2.05, 4.69) is 29.5 Å². The maximum Gasteiger partial charge on any atom is 0.191 e. The molecule has 6 heteroatoms. The molecule has 0 aromatic rings. The number of unbranched alkanes of at least 4 members (excludes halogenated alkanes) is 1.